The van der Waals surface area contributed by atoms with Crippen LogP contribution in [0.5, 0.6) is 0 Å². The molecule has 20 heavy (non-hydrogen) atoms. The second-order valence-electron chi connectivity index (χ2n) is 5.06. The smallest absolute Gasteiger partial charge is 0.316 e. The van der Waals surface area contributed by atoms with E-state index in [1.807, 2.05) is 0 Å². The van der Waals surface area contributed by atoms with Gasteiger partial charge < -0.3 is 9.47 Å². The summed E-state index contributed by atoms with van der Waals surface area (Å²) in [4.78, 5) is 24.2. The van der Waals surface area contributed by atoms with Gasteiger partial charge in [0.1, 0.15) is 17.3 Å². The Morgan fingerprint density at radius 3 is 2.65 bits per heavy atom. The van der Waals surface area contributed by atoms with Crippen LogP contribution >= 0.6 is 0 Å². The van der Waals surface area contributed by atoms with Gasteiger partial charge in [0.2, 0.25) is 0 Å². The van der Waals surface area contributed by atoms with Crippen LogP contribution in [0.25, 0.3) is 0 Å². The predicted octanol–water partition coefficient (Wildman–Crippen LogP) is 1.92. The van der Waals surface area contributed by atoms with E-state index in [-0.39, 0.29) is 18.6 Å². The largest absolute Gasteiger partial charge is 0.468 e. The fraction of sp³-hybridized carbons (Fsp3) is 0.467. The Morgan fingerprint density at radius 2 is 2.10 bits per heavy atom. The molecular formula is C15H17FO4. The van der Waals surface area contributed by atoms with E-state index < -0.39 is 23.3 Å². The van der Waals surface area contributed by atoms with E-state index in [0.29, 0.717) is 11.1 Å². The van der Waals surface area contributed by atoms with Crippen molar-refractivity contribution in [1.29, 1.82) is 0 Å². The molecule has 1 saturated carbocycles. The summed E-state index contributed by atoms with van der Waals surface area (Å²) in [5, 5.41) is 0. The lowest BCUT2D eigenvalue weighted by molar-refractivity contribution is -0.148. The molecule has 0 saturated heterocycles. The molecule has 0 spiro atoms. The molecule has 1 aliphatic rings. The summed E-state index contributed by atoms with van der Waals surface area (Å²) in [5.41, 5.74) is -0.293. The quantitative estimate of drug-likeness (QED) is 0.794. The minimum Gasteiger partial charge on any atom is -0.468 e. The summed E-state index contributed by atoms with van der Waals surface area (Å²) >= 11 is 0. The Balaban J connectivity index is 2.57. The van der Waals surface area contributed by atoms with Crippen LogP contribution in [-0.2, 0) is 24.5 Å². The van der Waals surface area contributed by atoms with Crippen LogP contribution in [0.1, 0.15) is 24.0 Å². The van der Waals surface area contributed by atoms with E-state index in [4.69, 9.17) is 9.47 Å². The maximum absolute atomic E-state index is 13.8. The van der Waals surface area contributed by atoms with Crippen molar-refractivity contribution in [2.75, 3.05) is 14.2 Å². The van der Waals surface area contributed by atoms with E-state index >= 15 is 0 Å². The van der Waals surface area contributed by atoms with E-state index in [2.05, 4.69) is 0 Å². The fourth-order valence-electron chi connectivity index (χ4n) is 2.92. The van der Waals surface area contributed by atoms with Crippen molar-refractivity contribution in [3.8, 4) is 0 Å². The monoisotopic (exact) mass is 280 g/mol. The van der Waals surface area contributed by atoms with E-state index in [0.717, 1.165) is 0 Å². The summed E-state index contributed by atoms with van der Waals surface area (Å²) < 4.78 is 23.8. The van der Waals surface area contributed by atoms with Crippen LogP contribution in [0.3, 0.4) is 0 Å². The van der Waals surface area contributed by atoms with Crippen molar-refractivity contribution < 1.29 is 23.5 Å². The van der Waals surface area contributed by atoms with Gasteiger partial charge >= 0.3 is 5.97 Å². The lowest BCUT2D eigenvalue weighted by atomic mass is 9.76. The Labute approximate surface area is 116 Å². The molecule has 1 aromatic carbocycles. The van der Waals surface area contributed by atoms with Crippen molar-refractivity contribution in [2.45, 2.75) is 31.3 Å². The molecule has 0 aromatic heterocycles. The fourth-order valence-corrected chi connectivity index (χ4v) is 2.92. The molecule has 5 heteroatoms. The Hall–Kier alpha value is -1.75. The highest BCUT2D eigenvalue weighted by atomic mass is 19.1. The van der Waals surface area contributed by atoms with Gasteiger partial charge in [-0.25, -0.2) is 4.39 Å². The van der Waals surface area contributed by atoms with E-state index in [9.17, 15) is 14.0 Å². The number of ether oxygens (including phenoxy) is 2. The van der Waals surface area contributed by atoms with Crippen molar-refractivity contribution in [3.05, 3.63) is 35.1 Å². The molecule has 4 nitrogen and oxygen atoms in total. The third kappa shape index (κ3) is 2.12. The maximum Gasteiger partial charge on any atom is 0.316 e. The molecule has 0 aliphatic heterocycles. The second kappa shape index (κ2) is 5.32. The van der Waals surface area contributed by atoms with Gasteiger partial charge in [-0.05, 0) is 24.1 Å². The van der Waals surface area contributed by atoms with E-state index in [1.54, 1.807) is 13.0 Å². The molecule has 1 fully saturated rings. The van der Waals surface area contributed by atoms with Crippen LogP contribution in [0.4, 0.5) is 4.39 Å². The van der Waals surface area contributed by atoms with Gasteiger partial charge in [-0.15, -0.1) is 0 Å². The van der Waals surface area contributed by atoms with Gasteiger partial charge in [-0.1, -0.05) is 12.1 Å². The zero-order chi connectivity index (χ0) is 14.9. The number of carbonyl (C=O) groups is 2. The molecule has 0 heterocycles. The first kappa shape index (κ1) is 14.7. The van der Waals surface area contributed by atoms with Crippen LogP contribution in [0.15, 0.2) is 18.2 Å². The van der Waals surface area contributed by atoms with Gasteiger partial charge in [0.05, 0.1) is 7.11 Å². The van der Waals surface area contributed by atoms with Crippen molar-refractivity contribution >= 4 is 11.8 Å². The van der Waals surface area contributed by atoms with Gasteiger partial charge in [-0.3, -0.25) is 9.59 Å². The third-order valence-corrected chi connectivity index (χ3v) is 4.01. The number of methoxy groups -OCH3 is 2. The first-order valence-electron chi connectivity index (χ1n) is 6.36. The number of carbonyl (C=O) groups excluding carboxylic acids is 2. The minimum atomic E-state index is -1.15. The molecular weight excluding hydrogens is 263 g/mol. The average molecular weight is 280 g/mol. The molecule has 2 rings (SSSR count). The highest BCUT2D eigenvalue weighted by Gasteiger charge is 2.53. The van der Waals surface area contributed by atoms with Crippen molar-refractivity contribution in [1.82, 2.24) is 0 Å². The van der Waals surface area contributed by atoms with Gasteiger partial charge in [0.25, 0.3) is 0 Å². The second-order valence-corrected chi connectivity index (χ2v) is 5.06. The predicted molar refractivity (Wildman–Crippen MR) is 69.9 cm³/mol. The van der Waals surface area contributed by atoms with Gasteiger partial charge in [-0.2, -0.15) is 0 Å². The zero-order valence-electron chi connectivity index (χ0n) is 11.7. The number of hydrogen-bond acceptors (Lipinski definition) is 4. The number of hydrogen-bond donors (Lipinski definition) is 0. The molecule has 0 bridgehead atoms. The Morgan fingerprint density at radius 1 is 1.40 bits per heavy atom. The normalized spacial score (nSPS) is 25.8. The number of Topliss-reactive ketones (excluding diaryl/α,β-unsaturated/α-hetero) is 1. The number of rotatable bonds is 3. The summed E-state index contributed by atoms with van der Waals surface area (Å²) in [5.74, 6) is -1.10. The lowest BCUT2D eigenvalue weighted by Gasteiger charge is -2.27. The number of ketones is 1. The number of esters is 1. The topological polar surface area (TPSA) is 52.6 Å². The summed E-state index contributed by atoms with van der Waals surface area (Å²) in [6.07, 6.45) is -0.501. The molecule has 0 amide bonds. The SMILES string of the molecule is COC(=O)[C@]1(c2cccc(F)c2C)CC(=O)C(OC)C1. The van der Waals surface area contributed by atoms with Crippen molar-refractivity contribution in [3.63, 3.8) is 0 Å². The Bertz CT molecular complexity index is 555. The lowest BCUT2D eigenvalue weighted by Crippen LogP contribution is -2.36. The summed E-state index contributed by atoms with van der Waals surface area (Å²) in [6.45, 7) is 1.60. The highest BCUT2D eigenvalue weighted by Crippen LogP contribution is 2.43. The average Bonchev–Trinajstić information content (AvgIpc) is 2.79. The molecule has 108 valence electrons. The third-order valence-electron chi connectivity index (χ3n) is 4.01. The van der Waals surface area contributed by atoms with Crippen LogP contribution in [0.2, 0.25) is 0 Å². The highest BCUT2D eigenvalue weighted by molar-refractivity contribution is 5.97. The van der Waals surface area contributed by atoms with Crippen LogP contribution in [0, 0.1) is 12.7 Å². The van der Waals surface area contributed by atoms with Gasteiger partial charge in [0.15, 0.2) is 5.78 Å². The zero-order valence-corrected chi connectivity index (χ0v) is 11.7. The maximum atomic E-state index is 13.8. The molecule has 1 aliphatic carbocycles. The first-order chi connectivity index (χ1) is 9.46. The van der Waals surface area contributed by atoms with Crippen LogP contribution < -0.4 is 0 Å². The first-order valence-corrected chi connectivity index (χ1v) is 6.36. The molecule has 2 atom stereocenters. The molecule has 0 radical (unpaired) electrons. The molecule has 0 N–H and O–H groups in total. The molecule has 1 unspecified atom stereocenters. The molecule has 1 aromatic rings. The number of halogens is 1. The standard InChI is InChI=1S/C15H17FO4/c1-9-10(5-4-6-11(9)16)15(14(18)20-3)7-12(17)13(8-15)19-2/h4-6,13H,7-8H2,1-3H3/t13?,15-/m1/s1. The van der Waals surface area contributed by atoms with Crippen LogP contribution in [-0.4, -0.2) is 32.1 Å². The van der Waals surface area contributed by atoms with Crippen molar-refractivity contribution in [2.24, 2.45) is 0 Å². The Kier molecular flexibility index (Phi) is 3.90. The summed E-state index contributed by atoms with van der Waals surface area (Å²) in [7, 11) is 2.69. The number of benzene rings is 1. The minimum absolute atomic E-state index is 0.0253. The summed E-state index contributed by atoms with van der Waals surface area (Å²) in [6, 6.07) is 4.53. The van der Waals surface area contributed by atoms with Gasteiger partial charge in [0, 0.05) is 20.0 Å². The van der Waals surface area contributed by atoms with E-state index in [1.165, 1.54) is 26.4 Å².